The first kappa shape index (κ1) is 14.7. The molecule has 2 rings (SSSR count). The van der Waals surface area contributed by atoms with Crippen LogP contribution in [0.25, 0.3) is 0 Å². The van der Waals surface area contributed by atoms with Crippen molar-refractivity contribution in [3.63, 3.8) is 0 Å². The van der Waals surface area contributed by atoms with E-state index < -0.39 is 0 Å². The number of carbonyl (C=O) groups excluding carboxylic acids is 1. The monoisotopic (exact) mass is 366 g/mol. The van der Waals surface area contributed by atoms with Crippen molar-refractivity contribution in [2.45, 2.75) is 6.42 Å². The van der Waals surface area contributed by atoms with Crippen LogP contribution >= 0.6 is 35.0 Å². The zero-order valence-corrected chi connectivity index (χ0v) is 12.4. The summed E-state index contributed by atoms with van der Waals surface area (Å²) in [5, 5.41) is 6.27. The van der Waals surface area contributed by atoms with Crippen molar-refractivity contribution >= 4 is 40.9 Å². The van der Waals surface area contributed by atoms with E-state index in [1.54, 1.807) is 0 Å². The van der Waals surface area contributed by atoms with Gasteiger partial charge in [-0.1, -0.05) is 0 Å². The molecule has 0 bridgehead atoms. The lowest BCUT2D eigenvalue weighted by Gasteiger charge is -2.09. The molecule has 1 aliphatic heterocycles. The Hall–Kier alpha value is -0.330. The second kappa shape index (κ2) is 7.18. The summed E-state index contributed by atoms with van der Waals surface area (Å²) in [7, 11) is 0. The molecule has 1 aromatic carbocycles. The Kier molecular flexibility index (Phi) is 6.22. The van der Waals surface area contributed by atoms with Gasteiger partial charge in [0.2, 0.25) is 0 Å². The minimum Gasteiger partial charge on any atom is -0.352 e. The Labute approximate surface area is 121 Å². The van der Waals surface area contributed by atoms with Gasteiger partial charge < -0.3 is 10.6 Å². The summed E-state index contributed by atoms with van der Waals surface area (Å²) in [4.78, 5) is 11.8. The first-order chi connectivity index (χ1) is 7.75. The molecule has 0 radical (unpaired) electrons. The van der Waals surface area contributed by atoms with E-state index in [9.17, 15) is 4.79 Å². The van der Waals surface area contributed by atoms with Gasteiger partial charge in [-0.15, -0.1) is 12.4 Å². The quantitative estimate of drug-likeness (QED) is 0.804. The van der Waals surface area contributed by atoms with Crippen LogP contribution in [0.5, 0.6) is 0 Å². The summed E-state index contributed by atoms with van der Waals surface area (Å²) < 4.78 is 1.15. The SMILES string of the molecule is Cl.O=C(NCC1CCNC1)c1ccc(I)cc1. The second-order valence-electron chi connectivity index (χ2n) is 4.08. The van der Waals surface area contributed by atoms with Gasteiger partial charge >= 0.3 is 0 Å². The molecule has 1 aliphatic rings. The zero-order valence-electron chi connectivity index (χ0n) is 9.41. The van der Waals surface area contributed by atoms with E-state index in [1.165, 1.54) is 0 Å². The smallest absolute Gasteiger partial charge is 0.251 e. The van der Waals surface area contributed by atoms with E-state index in [2.05, 4.69) is 33.2 Å². The first-order valence-electron chi connectivity index (χ1n) is 5.50. The highest BCUT2D eigenvalue weighted by Crippen LogP contribution is 2.08. The predicted octanol–water partition coefficient (Wildman–Crippen LogP) is 2.05. The molecule has 1 aromatic rings. The van der Waals surface area contributed by atoms with Crippen LogP contribution in [0.1, 0.15) is 16.8 Å². The second-order valence-corrected chi connectivity index (χ2v) is 5.32. The third-order valence-corrected chi connectivity index (χ3v) is 3.54. The normalized spacial score (nSPS) is 18.5. The molecule has 1 fully saturated rings. The predicted molar refractivity (Wildman–Crippen MR) is 79.7 cm³/mol. The van der Waals surface area contributed by atoms with Crippen molar-refractivity contribution in [2.75, 3.05) is 19.6 Å². The third kappa shape index (κ3) is 4.44. The van der Waals surface area contributed by atoms with E-state index >= 15 is 0 Å². The molecule has 1 heterocycles. The molecular formula is C12H16ClIN2O. The van der Waals surface area contributed by atoms with Crippen molar-refractivity contribution in [2.24, 2.45) is 5.92 Å². The minimum absolute atomic E-state index is 0. The van der Waals surface area contributed by atoms with Crippen LogP contribution in [-0.4, -0.2) is 25.5 Å². The maximum absolute atomic E-state index is 11.8. The molecule has 1 atom stereocenters. The van der Waals surface area contributed by atoms with E-state index in [0.29, 0.717) is 5.92 Å². The molecule has 17 heavy (non-hydrogen) atoms. The lowest BCUT2D eigenvalue weighted by atomic mass is 10.1. The van der Waals surface area contributed by atoms with Crippen LogP contribution in [0.2, 0.25) is 0 Å². The largest absolute Gasteiger partial charge is 0.352 e. The average molecular weight is 367 g/mol. The molecule has 5 heteroatoms. The van der Waals surface area contributed by atoms with Crippen molar-refractivity contribution in [1.29, 1.82) is 0 Å². The Morgan fingerprint density at radius 2 is 2.12 bits per heavy atom. The first-order valence-corrected chi connectivity index (χ1v) is 6.58. The van der Waals surface area contributed by atoms with Crippen molar-refractivity contribution in [3.8, 4) is 0 Å². The molecule has 1 saturated heterocycles. The van der Waals surface area contributed by atoms with Crippen LogP contribution in [0, 0.1) is 9.49 Å². The number of halogens is 2. The maximum Gasteiger partial charge on any atom is 0.251 e. The van der Waals surface area contributed by atoms with Crippen LogP contribution in [0.15, 0.2) is 24.3 Å². The Balaban J connectivity index is 0.00000144. The fraction of sp³-hybridized carbons (Fsp3) is 0.417. The van der Waals surface area contributed by atoms with E-state index in [4.69, 9.17) is 0 Å². The number of rotatable bonds is 3. The molecule has 1 amide bonds. The van der Waals surface area contributed by atoms with Gasteiger partial charge in [0.15, 0.2) is 0 Å². The molecule has 0 saturated carbocycles. The summed E-state index contributed by atoms with van der Waals surface area (Å²) in [5.41, 5.74) is 0.742. The molecule has 0 spiro atoms. The summed E-state index contributed by atoms with van der Waals surface area (Å²) >= 11 is 2.23. The van der Waals surface area contributed by atoms with Crippen molar-refractivity contribution in [3.05, 3.63) is 33.4 Å². The average Bonchev–Trinajstić information content (AvgIpc) is 2.80. The van der Waals surface area contributed by atoms with Crippen LogP contribution < -0.4 is 10.6 Å². The molecule has 3 nitrogen and oxygen atoms in total. The minimum atomic E-state index is 0. The summed E-state index contributed by atoms with van der Waals surface area (Å²) in [5.74, 6) is 0.621. The number of nitrogens with one attached hydrogen (secondary N) is 2. The summed E-state index contributed by atoms with van der Waals surface area (Å²) in [6.45, 7) is 2.87. The maximum atomic E-state index is 11.8. The lowest BCUT2D eigenvalue weighted by molar-refractivity contribution is 0.0948. The number of amides is 1. The zero-order chi connectivity index (χ0) is 11.4. The van der Waals surface area contributed by atoms with E-state index in [1.807, 2.05) is 24.3 Å². The Bertz CT molecular complexity index is 363. The Morgan fingerprint density at radius 1 is 1.41 bits per heavy atom. The number of carbonyl (C=O) groups is 1. The van der Waals surface area contributed by atoms with E-state index in [-0.39, 0.29) is 18.3 Å². The summed E-state index contributed by atoms with van der Waals surface area (Å²) in [6.07, 6.45) is 1.16. The van der Waals surface area contributed by atoms with E-state index in [0.717, 1.165) is 35.2 Å². The van der Waals surface area contributed by atoms with Crippen LogP contribution in [-0.2, 0) is 0 Å². The number of hydrogen-bond donors (Lipinski definition) is 2. The van der Waals surface area contributed by atoms with Gasteiger partial charge in [0, 0.05) is 15.7 Å². The standard InChI is InChI=1S/C12H15IN2O.ClH/c13-11-3-1-10(2-4-11)12(16)15-8-9-5-6-14-7-9;/h1-4,9,14H,5-8H2,(H,15,16);1H. The highest BCUT2D eigenvalue weighted by molar-refractivity contribution is 14.1. The van der Waals surface area contributed by atoms with Gasteiger partial charge in [0.25, 0.3) is 5.91 Å². The van der Waals surface area contributed by atoms with Crippen molar-refractivity contribution < 1.29 is 4.79 Å². The number of benzene rings is 1. The number of hydrogen-bond acceptors (Lipinski definition) is 2. The van der Waals surface area contributed by atoms with Gasteiger partial charge in [0.1, 0.15) is 0 Å². The summed E-state index contributed by atoms with van der Waals surface area (Å²) in [6, 6.07) is 7.63. The van der Waals surface area contributed by atoms with Gasteiger partial charge in [-0.2, -0.15) is 0 Å². The fourth-order valence-corrected chi connectivity index (χ4v) is 2.19. The highest BCUT2D eigenvalue weighted by atomic mass is 127. The molecule has 1 unspecified atom stereocenters. The topological polar surface area (TPSA) is 41.1 Å². The van der Waals surface area contributed by atoms with Gasteiger partial charge in [-0.05, 0) is 72.3 Å². The van der Waals surface area contributed by atoms with Crippen LogP contribution in [0.3, 0.4) is 0 Å². The van der Waals surface area contributed by atoms with Crippen molar-refractivity contribution in [1.82, 2.24) is 10.6 Å². The molecular weight excluding hydrogens is 351 g/mol. The van der Waals surface area contributed by atoms with Gasteiger partial charge in [-0.25, -0.2) is 0 Å². The molecule has 2 N–H and O–H groups in total. The fourth-order valence-electron chi connectivity index (χ4n) is 1.83. The third-order valence-electron chi connectivity index (χ3n) is 2.82. The van der Waals surface area contributed by atoms with Gasteiger partial charge in [0.05, 0.1) is 0 Å². The van der Waals surface area contributed by atoms with Gasteiger partial charge in [-0.3, -0.25) is 4.79 Å². The van der Waals surface area contributed by atoms with Crippen LogP contribution in [0.4, 0.5) is 0 Å². The molecule has 0 aliphatic carbocycles. The highest BCUT2D eigenvalue weighted by Gasteiger charge is 2.15. The Morgan fingerprint density at radius 3 is 2.71 bits per heavy atom. The molecule has 94 valence electrons. The lowest BCUT2D eigenvalue weighted by Crippen LogP contribution is -2.30. The molecule has 0 aromatic heterocycles.